The van der Waals surface area contributed by atoms with Crippen molar-refractivity contribution in [2.75, 3.05) is 13.7 Å². The van der Waals surface area contributed by atoms with Gasteiger partial charge in [-0.3, -0.25) is 4.79 Å². The smallest absolute Gasteiger partial charge is 0.254 e. The van der Waals surface area contributed by atoms with E-state index in [4.69, 9.17) is 4.74 Å². The fourth-order valence-corrected chi connectivity index (χ4v) is 2.93. The van der Waals surface area contributed by atoms with Crippen LogP contribution in [-0.4, -0.2) is 24.5 Å². The molecule has 0 radical (unpaired) electrons. The van der Waals surface area contributed by atoms with E-state index in [1.807, 2.05) is 35.2 Å². The van der Waals surface area contributed by atoms with Crippen LogP contribution in [0.3, 0.4) is 0 Å². The summed E-state index contributed by atoms with van der Waals surface area (Å²) in [7, 11) is 1.63. The monoisotopic (exact) mass is 281 g/mol. The first-order valence-electron chi connectivity index (χ1n) is 7.20. The second-order valence-corrected chi connectivity index (χ2v) is 5.51. The van der Waals surface area contributed by atoms with Gasteiger partial charge in [0, 0.05) is 18.7 Å². The predicted octanol–water partition coefficient (Wildman–Crippen LogP) is 3.45. The molecule has 0 saturated carbocycles. The SMILES string of the molecule is COc1ccc(C(=O)N2Cc3ccccc3C(C)C2)cc1. The van der Waals surface area contributed by atoms with Crippen molar-refractivity contribution in [1.82, 2.24) is 4.90 Å². The van der Waals surface area contributed by atoms with E-state index in [1.54, 1.807) is 7.11 Å². The molecule has 108 valence electrons. The molecular weight excluding hydrogens is 262 g/mol. The fraction of sp³-hybridized carbons (Fsp3) is 0.278. The summed E-state index contributed by atoms with van der Waals surface area (Å²) >= 11 is 0. The summed E-state index contributed by atoms with van der Waals surface area (Å²) in [6, 6.07) is 15.7. The van der Waals surface area contributed by atoms with Gasteiger partial charge in [-0.15, -0.1) is 0 Å². The van der Waals surface area contributed by atoms with Gasteiger partial charge in [-0.2, -0.15) is 0 Å². The highest BCUT2D eigenvalue weighted by atomic mass is 16.5. The topological polar surface area (TPSA) is 29.5 Å². The molecule has 1 atom stereocenters. The number of ether oxygens (including phenoxy) is 1. The minimum Gasteiger partial charge on any atom is -0.497 e. The molecule has 2 aromatic carbocycles. The molecule has 1 heterocycles. The molecule has 1 aliphatic heterocycles. The van der Waals surface area contributed by atoms with Gasteiger partial charge in [-0.25, -0.2) is 0 Å². The molecule has 0 aliphatic carbocycles. The van der Waals surface area contributed by atoms with E-state index < -0.39 is 0 Å². The van der Waals surface area contributed by atoms with Crippen LogP contribution in [0, 0.1) is 0 Å². The molecule has 21 heavy (non-hydrogen) atoms. The average molecular weight is 281 g/mol. The van der Waals surface area contributed by atoms with Crippen molar-refractivity contribution in [2.24, 2.45) is 0 Å². The number of nitrogens with zero attached hydrogens (tertiary/aromatic N) is 1. The Bertz CT molecular complexity index is 649. The van der Waals surface area contributed by atoms with E-state index in [-0.39, 0.29) is 5.91 Å². The van der Waals surface area contributed by atoms with E-state index >= 15 is 0 Å². The molecule has 0 fully saturated rings. The van der Waals surface area contributed by atoms with Crippen LogP contribution in [0.15, 0.2) is 48.5 Å². The largest absolute Gasteiger partial charge is 0.497 e. The van der Waals surface area contributed by atoms with Gasteiger partial charge < -0.3 is 9.64 Å². The van der Waals surface area contributed by atoms with Crippen LogP contribution in [0.2, 0.25) is 0 Å². The minimum absolute atomic E-state index is 0.0824. The average Bonchev–Trinajstić information content (AvgIpc) is 2.54. The van der Waals surface area contributed by atoms with Gasteiger partial charge >= 0.3 is 0 Å². The molecule has 3 heteroatoms. The summed E-state index contributed by atoms with van der Waals surface area (Å²) in [5, 5.41) is 0. The van der Waals surface area contributed by atoms with Crippen LogP contribution in [0.1, 0.15) is 34.3 Å². The molecule has 2 aromatic rings. The van der Waals surface area contributed by atoms with Crippen molar-refractivity contribution in [1.29, 1.82) is 0 Å². The van der Waals surface area contributed by atoms with Gasteiger partial charge in [0.1, 0.15) is 5.75 Å². The maximum Gasteiger partial charge on any atom is 0.254 e. The molecule has 0 spiro atoms. The lowest BCUT2D eigenvalue weighted by Gasteiger charge is -2.33. The highest BCUT2D eigenvalue weighted by Gasteiger charge is 2.25. The van der Waals surface area contributed by atoms with Crippen molar-refractivity contribution < 1.29 is 9.53 Å². The summed E-state index contributed by atoms with van der Waals surface area (Å²) in [6.07, 6.45) is 0. The van der Waals surface area contributed by atoms with Crippen LogP contribution in [0.5, 0.6) is 5.75 Å². The lowest BCUT2D eigenvalue weighted by molar-refractivity contribution is 0.0721. The number of methoxy groups -OCH3 is 1. The maximum absolute atomic E-state index is 12.6. The summed E-state index contributed by atoms with van der Waals surface area (Å²) < 4.78 is 5.13. The third kappa shape index (κ3) is 2.64. The predicted molar refractivity (Wildman–Crippen MR) is 82.6 cm³/mol. The number of amides is 1. The van der Waals surface area contributed by atoms with Crippen molar-refractivity contribution >= 4 is 5.91 Å². The third-order valence-electron chi connectivity index (χ3n) is 4.07. The van der Waals surface area contributed by atoms with Crippen LogP contribution in [-0.2, 0) is 6.54 Å². The molecule has 1 amide bonds. The molecule has 3 rings (SSSR count). The molecule has 3 nitrogen and oxygen atoms in total. The van der Waals surface area contributed by atoms with Crippen LogP contribution >= 0.6 is 0 Å². The van der Waals surface area contributed by atoms with Gasteiger partial charge in [0.2, 0.25) is 0 Å². The number of fused-ring (bicyclic) bond motifs is 1. The van der Waals surface area contributed by atoms with Crippen molar-refractivity contribution in [3.63, 3.8) is 0 Å². The van der Waals surface area contributed by atoms with Crippen molar-refractivity contribution in [3.05, 3.63) is 65.2 Å². The highest BCUT2D eigenvalue weighted by molar-refractivity contribution is 5.94. The Morgan fingerprint density at radius 3 is 2.57 bits per heavy atom. The van der Waals surface area contributed by atoms with E-state index in [9.17, 15) is 4.79 Å². The number of hydrogen-bond acceptors (Lipinski definition) is 2. The Kier molecular flexibility index (Phi) is 3.65. The molecule has 1 unspecified atom stereocenters. The highest BCUT2D eigenvalue weighted by Crippen LogP contribution is 2.28. The molecule has 1 aliphatic rings. The van der Waals surface area contributed by atoms with Crippen molar-refractivity contribution in [3.8, 4) is 5.75 Å². The van der Waals surface area contributed by atoms with Crippen molar-refractivity contribution in [2.45, 2.75) is 19.4 Å². The second kappa shape index (κ2) is 5.60. The molecule has 0 N–H and O–H groups in total. The zero-order valence-corrected chi connectivity index (χ0v) is 12.4. The summed E-state index contributed by atoms with van der Waals surface area (Å²) in [4.78, 5) is 14.6. The van der Waals surface area contributed by atoms with Gasteiger partial charge in [0.05, 0.1) is 7.11 Å². The lowest BCUT2D eigenvalue weighted by atomic mass is 9.91. The maximum atomic E-state index is 12.6. The first-order chi connectivity index (χ1) is 10.2. The Labute approximate surface area is 125 Å². The van der Waals surface area contributed by atoms with Gasteiger partial charge in [-0.1, -0.05) is 31.2 Å². The molecule has 0 aromatic heterocycles. The Morgan fingerprint density at radius 1 is 1.14 bits per heavy atom. The standard InChI is InChI=1S/C18H19NO2/c1-13-11-19(12-15-5-3-4-6-17(13)15)18(20)14-7-9-16(21-2)10-8-14/h3-10,13H,11-12H2,1-2H3. The van der Waals surface area contributed by atoms with Gasteiger partial charge in [0.15, 0.2) is 0 Å². The van der Waals surface area contributed by atoms with E-state index in [1.165, 1.54) is 11.1 Å². The van der Waals surface area contributed by atoms with E-state index in [0.717, 1.165) is 12.3 Å². The second-order valence-electron chi connectivity index (χ2n) is 5.51. The lowest BCUT2D eigenvalue weighted by Crippen LogP contribution is -2.37. The number of hydrogen-bond donors (Lipinski definition) is 0. The quantitative estimate of drug-likeness (QED) is 0.843. The van der Waals surface area contributed by atoms with Crippen LogP contribution in [0.4, 0.5) is 0 Å². The van der Waals surface area contributed by atoms with Gasteiger partial charge in [0.25, 0.3) is 5.91 Å². The molecule has 0 bridgehead atoms. The third-order valence-corrected chi connectivity index (χ3v) is 4.07. The first-order valence-corrected chi connectivity index (χ1v) is 7.20. The number of carbonyl (C=O) groups excluding carboxylic acids is 1. The Morgan fingerprint density at radius 2 is 1.86 bits per heavy atom. The summed E-state index contributed by atoms with van der Waals surface area (Å²) in [5.74, 6) is 1.22. The summed E-state index contributed by atoms with van der Waals surface area (Å²) in [5.41, 5.74) is 3.32. The van der Waals surface area contributed by atoms with E-state index in [0.29, 0.717) is 18.0 Å². The van der Waals surface area contributed by atoms with Crippen LogP contribution < -0.4 is 4.74 Å². The number of carbonyl (C=O) groups is 1. The zero-order valence-electron chi connectivity index (χ0n) is 12.4. The Hall–Kier alpha value is -2.29. The number of benzene rings is 2. The van der Waals surface area contributed by atoms with Gasteiger partial charge in [-0.05, 0) is 41.3 Å². The van der Waals surface area contributed by atoms with Crippen LogP contribution in [0.25, 0.3) is 0 Å². The fourth-order valence-electron chi connectivity index (χ4n) is 2.93. The Balaban J connectivity index is 1.83. The minimum atomic E-state index is 0.0824. The number of rotatable bonds is 2. The molecular formula is C18H19NO2. The van der Waals surface area contributed by atoms with E-state index in [2.05, 4.69) is 25.1 Å². The summed E-state index contributed by atoms with van der Waals surface area (Å²) in [6.45, 7) is 3.62. The zero-order chi connectivity index (χ0) is 14.8. The molecule has 0 saturated heterocycles. The first kappa shape index (κ1) is 13.7. The normalized spacial score (nSPS) is 17.2.